The monoisotopic (exact) mass is 326 g/mol. The second-order valence-electron chi connectivity index (χ2n) is 5.40. The standard InChI is InChI=1S/C18H18N2O2S/c21-17(12-23-11-13-4-2-1-3-5-13)20-15-7-6-14-8-9-19-18(22)16(14)10-15/h1-7,10H,8-9,11-12H2,(H,19,22)(H,20,21). The van der Waals surface area contributed by atoms with Gasteiger partial charge in [-0.3, -0.25) is 9.59 Å². The first kappa shape index (κ1) is 15.6. The van der Waals surface area contributed by atoms with Crippen molar-refractivity contribution in [2.24, 2.45) is 0 Å². The minimum absolute atomic E-state index is 0.0536. The van der Waals surface area contributed by atoms with Crippen LogP contribution in [0.2, 0.25) is 0 Å². The third-order valence-corrected chi connectivity index (χ3v) is 4.67. The topological polar surface area (TPSA) is 58.2 Å². The molecular weight excluding hydrogens is 308 g/mol. The Balaban J connectivity index is 1.54. The molecule has 23 heavy (non-hydrogen) atoms. The van der Waals surface area contributed by atoms with Crippen molar-refractivity contribution in [2.45, 2.75) is 12.2 Å². The third-order valence-electron chi connectivity index (χ3n) is 3.66. The van der Waals surface area contributed by atoms with Gasteiger partial charge in [0.05, 0.1) is 5.75 Å². The van der Waals surface area contributed by atoms with Crippen LogP contribution in [0.15, 0.2) is 48.5 Å². The Bertz CT molecular complexity index is 716. The van der Waals surface area contributed by atoms with Gasteiger partial charge in [0.25, 0.3) is 5.91 Å². The molecule has 118 valence electrons. The van der Waals surface area contributed by atoms with Gasteiger partial charge in [-0.1, -0.05) is 36.4 Å². The van der Waals surface area contributed by atoms with Crippen LogP contribution in [-0.4, -0.2) is 24.1 Å². The van der Waals surface area contributed by atoms with E-state index in [1.54, 1.807) is 17.8 Å². The van der Waals surface area contributed by atoms with Crippen molar-refractivity contribution in [1.29, 1.82) is 0 Å². The number of nitrogens with one attached hydrogen (secondary N) is 2. The summed E-state index contributed by atoms with van der Waals surface area (Å²) in [6, 6.07) is 15.6. The number of thioether (sulfide) groups is 1. The van der Waals surface area contributed by atoms with Crippen LogP contribution in [0.4, 0.5) is 5.69 Å². The van der Waals surface area contributed by atoms with Crippen LogP contribution in [0.3, 0.4) is 0 Å². The van der Waals surface area contributed by atoms with Gasteiger partial charge >= 0.3 is 0 Å². The quantitative estimate of drug-likeness (QED) is 0.888. The Morgan fingerprint density at radius 1 is 1.17 bits per heavy atom. The van der Waals surface area contributed by atoms with Gasteiger partial charge in [-0.25, -0.2) is 0 Å². The highest BCUT2D eigenvalue weighted by Gasteiger charge is 2.17. The number of hydrogen-bond donors (Lipinski definition) is 2. The highest BCUT2D eigenvalue weighted by atomic mass is 32.2. The van der Waals surface area contributed by atoms with Gasteiger partial charge in [-0.2, -0.15) is 0 Å². The van der Waals surface area contributed by atoms with Crippen LogP contribution in [0.25, 0.3) is 0 Å². The summed E-state index contributed by atoms with van der Waals surface area (Å²) in [5, 5.41) is 5.67. The molecule has 0 saturated heterocycles. The second-order valence-corrected chi connectivity index (χ2v) is 6.39. The van der Waals surface area contributed by atoms with E-state index in [2.05, 4.69) is 10.6 Å². The molecule has 0 aliphatic carbocycles. The Hall–Kier alpha value is -2.27. The molecule has 0 spiro atoms. The van der Waals surface area contributed by atoms with Crippen LogP contribution >= 0.6 is 11.8 Å². The lowest BCUT2D eigenvalue weighted by molar-refractivity contribution is -0.113. The summed E-state index contributed by atoms with van der Waals surface area (Å²) >= 11 is 1.57. The van der Waals surface area contributed by atoms with E-state index in [0.717, 1.165) is 17.7 Å². The molecule has 0 unspecified atom stereocenters. The molecule has 4 nitrogen and oxygen atoms in total. The van der Waals surface area contributed by atoms with E-state index < -0.39 is 0 Å². The Labute approximate surface area is 139 Å². The number of carbonyl (C=O) groups is 2. The number of rotatable bonds is 5. The van der Waals surface area contributed by atoms with Gasteiger partial charge in [0.1, 0.15) is 0 Å². The van der Waals surface area contributed by atoms with E-state index in [0.29, 0.717) is 23.5 Å². The SMILES string of the molecule is O=C(CSCc1ccccc1)Nc1ccc2c(c1)C(=O)NCC2. The van der Waals surface area contributed by atoms with E-state index >= 15 is 0 Å². The number of benzene rings is 2. The molecule has 0 aromatic heterocycles. The van der Waals surface area contributed by atoms with E-state index in [1.165, 1.54) is 5.56 Å². The number of carbonyl (C=O) groups excluding carboxylic acids is 2. The fourth-order valence-electron chi connectivity index (χ4n) is 2.52. The number of amides is 2. The van der Waals surface area contributed by atoms with E-state index in [-0.39, 0.29) is 11.8 Å². The number of anilines is 1. The molecule has 5 heteroatoms. The Morgan fingerprint density at radius 3 is 2.83 bits per heavy atom. The first-order valence-electron chi connectivity index (χ1n) is 7.55. The lowest BCUT2D eigenvalue weighted by atomic mass is 10.00. The summed E-state index contributed by atoms with van der Waals surface area (Å²) in [6.07, 6.45) is 0.836. The maximum Gasteiger partial charge on any atom is 0.251 e. The summed E-state index contributed by atoms with van der Waals surface area (Å²) in [7, 11) is 0. The van der Waals surface area contributed by atoms with Crippen molar-refractivity contribution < 1.29 is 9.59 Å². The molecule has 1 heterocycles. The van der Waals surface area contributed by atoms with Crippen molar-refractivity contribution in [2.75, 3.05) is 17.6 Å². The Morgan fingerprint density at radius 2 is 2.00 bits per heavy atom. The van der Waals surface area contributed by atoms with Crippen molar-refractivity contribution >= 4 is 29.3 Å². The van der Waals surface area contributed by atoms with Crippen LogP contribution in [0.5, 0.6) is 0 Å². The molecule has 1 aliphatic heterocycles. The second kappa shape index (κ2) is 7.33. The molecule has 2 amide bonds. The number of fused-ring (bicyclic) bond motifs is 1. The van der Waals surface area contributed by atoms with E-state index in [4.69, 9.17) is 0 Å². The molecule has 0 fully saturated rings. The van der Waals surface area contributed by atoms with Crippen LogP contribution in [0.1, 0.15) is 21.5 Å². The molecule has 0 atom stereocenters. The minimum atomic E-state index is -0.0687. The maximum atomic E-state index is 12.0. The molecule has 0 saturated carbocycles. The smallest absolute Gasteiger partial charge is 0.251 e. The lowest BCUT2D eigenvalue weighted by Gasteiger charge is -2.17. The van der Waals surface area contributed by atoms with Crippen LogP contribution in [0, 0.1) is 0 Å². The summed E-state index contributed by atoms with van der Waals surface area (Å²) in [5.41, 5.74) is 3.57. The van der Waals surface area contributed by atoms with Crippen LogP contribution in [-0.2, 0) is 17.0 Å². The first-order valence-corrected chi connectivity index (χ1v) is 8.70. The zero-order valence-corrected chi connectivity index (χ0v) is 13.5. The maximum absolute atomic E-state index is 12.0. The first-order chi connectivity index (χ1) is 11.2. The largest absolute Gasteiger partial charge is 0.352 e. The molecule has 2 aromatic carbocycles. The van der Waals surface area contributed by atoms with E-state index in [9.17, 15) is 9.59 Å². The zero-order valence-electron chi connectivity index (χ0n) is 12.7. The van der Waals surface area contributed by atoms with Crippen LogP contribution < -0.4 is 10.6 Å². The fraction of sp³-hybridized carbons (Fsp3) is 0.222. The Kier molecular flexibility index (Phi) is 4.98. The van der Waals surface area contributed by atoms with Crippen molar-refractivity contribution in [1.82, 2.24) is 5.32 Å². The summed E-state index contributed by atoms with van der Waals surface area (Å²) in [5.74, 6) is 1.07. The molecular formula is C18H18N2O2S. The zero-order chi connectivity index (χ0) is 16.1. The van der Waals surface area contributed by atoms with Crippen molar-refractivity contribution in [3.63, 3.8) is 0 Å². The minimum Gasteiger partial charge on any atom is -0.352 e. The molecule has 2 aromatic rings. The highest BCUT2D eigenvalue weighted by Crippen LogP contribution is 2.19. The van der Waals surface area contributed by atoms with E-state index in [1.807, 2.05) is 42.5 Å². The lowest BCUT2D eigenvalue weighted by Crippen LogP contribution is -2.31. The third kappa shape index (κ3) is 4.13. The molecule has 0 bridgehead atoms. The summed E-state index contributed by atoms with van der Waals surface area (Å²) in [6.45, 7) is 0.674. The predicted octanol–water partition coefficient (Wildman–Crippen LogP) is 2.84. The van der Waals surface area contributed by atoms with Gasteiger partial charge in [-0.05, 0) is 29.7 Å². The van der Waals surface area contributed by atoms with Gasteiger partial charge in [0.2, 0.25) is 5.91 Å². The number of hydrogen-bond acceptors (Lipinski definition) is 3. The molecule has 3 rings (SSSR count). The highest BCUT2D eigenvalue weighted by molar-refractivity contribution is 7.99. The van der Waals surface area contributed by atoms with Crippen molar-refractivity contribution in [3.05, 3.63) is 65.2 Å². The van der Waals surface area contributed by atoms with Gasteiger partial charge in [0.15, 0.2) is 0 Å². The average Bonchev–Trinajstić information content (AvgIpc) is 2.57. The average molecular weight is 326 g/mol. The molecule has 1 aliphatic rings. The molecule has 0 radical (unpaired) electrons. The normalized spacial score (nSPS) is 13.1. The van der Waals surface area contributed by atoms with Gasteiger partial charge in [0, 0.05) is 23.5 Å². The fourth-order valence-corrected chi connectivity index (χ4v) is 3.31. The molecule has 2 N–H and O–H groups in total. The predicted molar refractivity (Wildman–Crippen MR) is 93.7 cm³/mol. The summed E-state index contributed by atoms with van der Waals surface area (Å²) < 4.78 is 0. The van der Waals surface area contributed by atoms with Gasteiger partial charge in [-0.15, -0.1) is 11.8 Å². The summed E-state index contributed by atoms with van der Waals surface area (Å²) in [4.78, 5) is 23.8. The van der Waals surface area contributed by atoms with Crippen molar-refractivity contribution in [3.8, 4) is 0 Å². The van der Waals surface area contributed by atoms with Gasteiger partial charge < -0.3 is 10.6 Å².